The smallest absolute Gasteiger partial charge is 0.338 e. The van der Waals surface area contributed by atoms with Crippen LogP contribution in [0.5, 0.6) is 5.75 Å². The van der Waals surface area contributed by atoms with Crippen LogP contribution in [0, 0.1) is 10.1 Å². The van der Waals surface area contributed by atoms with Gasteiger partial charge in [-0.15, -0.1) is 0 Å². The summed E-state index contributed by atoms with van der Waals surface area (Å²) in [7, 11) is 1.44. The minimum Gasteiger partial charge on any atom is -0.494 e. The molecular weight excluding hydrogens is 408 g/mol. The molecule has 0 aliphatic carbocycles. The summed E-state index contributed by atoms with van der Waals surface area (Å²) < 4.78 is 17.2. The van der Waals surface area contributed by atoms with E-state index >= 15 is 0 Å². The number of rotatable bonds is 11. The lowest BCUT2D eigenvalue weighted by molar-refractivity contribution is -0.384. The summed E-state index contributed by atoms with van der Waals surface area (Å²) >= 11 is 0. The molecule has 1 heterocycles. The first-order valence-corrected chi connectivity index (χ1v) is 13.1. The van der Waals surface area contributed by atoms with Gasteiger partial charge in [0.15, 0.2) is 5.69 Å². The first kappa shape index (κ1) is 23.4. The maximum absolute atomic E-state index is 11.8. The van der Waals surface area contributed by atoms with E-state index < -0.39 is 19.0 Å². The van der Waals surface area contributed by atoms with Crippen LogP contribution in [0.3, 0.4) is 0 Å². The van der Waals surface area contributed by atoms with Gasteiger partial charge in [0.25, 0.3) is 5.69 Å². The van der Waals surface area contributed by atoms with E-state index in [0.29, 0.717) is 19.0 Å². The summed E-state index contributed by atoms with van der Waals surface area (Å²) in [6, 6.07) is 5.43. The number of nitro groups is 1. The molecule has 0 fully saturated rings. The van der Waals surface area contributed by atoms with Gasteiger partial charge in [-0.3, -0.25) is 10.1 Å². The molecule has 0 aliphatic heterocycles. The second kappa shape index (κ2) is 10.2. The van der Waals surface area contributed by atoms with Crippen molar-refractivity contribution in [1.82, 2.24) is 9.78 Å². The minimum atomic E-state index is -1.14. The van der Waals surface area contributed by atoms with Gasteiger partial charge in [-0.25, -0.2) is 9.48 Å². The number of anilines is 1. The Balaban J connectivity index is 2.07. The molecule has 1 N–H and O–H groups in total. The highest BCUT2D eigenvalue weighted by molar-refractivity contribution is 6.76. The maximum Gasteiger partial charge on any atom is 0.338 e. The van der Waals surface area contributed by atoms with E-state index in [1.807, 2.05) is 0 Å². The Morgan fingerprint density at radius 2 is 2.03 bits per heavy atom. The fourth-order valence-electron chi connectivity index (χ4n) is 2.60. The Bertz CT molecular complexity index is 894. The van der Waals surface area contributed by atoms with E-state index in [-0.39, 0.29) is 29.2 Å². The SMILES string of the molecule is COC(=O)c1cc(OC)c(NCc2ccn(COCC[Si](C)(C)C)n2)c([N+](=O)[O-])c1. The van der Waals surface area contributed by atoms with E-state index in [1.54, 1.807) is 16.9 Å². The number of hydrogen-bond donors (Lipinski definition) is 1. The van der Waals surface area contributed by atoms with Gasteiger partial charge < -0.3 is 19.5 Å². The Morgan fingerprint density at radius 1 is 1.30 bits per heavy atom. The first-order chi connectivity index (χ1) is 14.1. The number of benzene rings is 1. The highest BCUT2D eigenvalue weighted by atomic mass is 28.3. The number of hydrogen-bond acceptors (Lipinski definition) is 8. The minimum absolute atomic E-state index is 0.0337. The van der Waals surface area contributed by atoms with Crippen molar-refractivity contribution in [2.75, 3.05) is 26.1 Å². The zero-order valence-corrected chi connectivity index (χ0v) is 18.9. The van der Waals surface area contributed by atoms with Gasteiger partial charge in [-0.2, -0.15) is 5.10 Å². The number of nitro benzene ring substituents is 1. The largest absolute Gasteiger partial charge is 0.494 e. The molecule has 0 saturated heterocycles. The van der Waals surface area contributed by atoms with Crippen LogP contribution in [0.25, 0.3) is 0 Å². The van der Waals surface area contributed by atoms with E-state index in [2.05, 4.69) is 34.8 Å². The third kappa shape index (κ3) is 6.56. The van der Waals surface area contributed by atoms with Crippen LogP contribution in [-0.2, 0) is 22.7 Å². The van der Waals surface area contributed by atoms with Gasteiger partial charge >= 0.3 is 5.97 Å². The average molecular weight is 437 g/mol. The lowest BCUT2D eigenvalue weighted by atomic mass is 10.1. The molecule has 11 heteroatoms. The second-order valence-corrected chi connectivity index (χ2v) is 13.5. The van der Waals surface area contributed by atoms with Crippen LogP contribution in [0.15, 0.2) is 24.4 Å². The third-order valence-corrected chi connectivity index (χ3v) is 5.99. The van der Waals surface area contributed by atoms with Crippen LogP contribution in [0.4, 0.5) is 11.4 Å². The van der Waals surface area contributed by atoms with Crippen molar-refractivity contribution in [3.05, 3.63) is 45.8 Å². The highest BCUT2D eigenvalue weighted by Crippen LogP contribution is 2.36. The van der Waals surface area contributed by atoms with Crippen molar-refractivity contribution >= 4 is 25.4 Å². The van der Waals surface area contributed by atoms with E-state index in [9.17, 15) is 14.9 Å². The molecule has 0 saturated carbocycles. The number of nitrogens with zero attached hydrogens (tertiary/aromatic N) is 3. The number of ether oxygens (including phenoxy) is 3. The fraction of sp³-hybridized carbons (Fsp3) is 0.474. The molecule has 2 rings (SSSR count). The lowest BCUT2D eigenvalue weighted by Crippen LogP contribution is -2.22. The summed E-state index contributed by atoms with van der Waals surface area (Å²) in [4.78, 5) is 22.7. The Morgan fingerprint density at radius 3 is 2.63 bits per heavy atom. The summed E-state index contributed by atoms with van der Waals surface area (Å²) in [6.45, 7) is 8.15. The Kier molecular flexibility index (Phi) is 7.95. The Labute approximate surface area is 176 Å². The van der Waals surface area contributed by atoms with Crippen LogP contribution >= 0.6 is 0 Å². The first-order valence-electron chi connectivity index (χ1n) is 9.43. The molecule has 0 spiro atoms. The van der Waals surface area contributed by atoms with Gasteiger partial charge in [0.2, 0.25) is 0 Å². The van der Waals surface area contributed by atoms with Crippen molar-refractivity contribution in [3.8, 4) is 5.75 Å². The van der Waals surface area contributed by atoms with Gasteiger partial charge in [-0.1, -0.05) is 19.6 Å². The molecule has 164 valence electrons. The van der Waals surface area contributed by atoms with E-state index in [4.69, 9.17) is 9.47 Å². The molecule has 10 nitrogen and oxygen atoms in total. The molecular formula is C19H28N4O6Si. The summed E-state index contributed by atoms with van der Waals surface area (Å²) in [5, 5.41) is 18.9. The van der Waals surface area contributed by atoms with Crippen LogP contribution < -0.4 is 10.1 Å². The molecule has 0 bridgehead atoms. The molecule has 0 atom stereocenters. The quantitative estimate of drug-likeness (QED) is 0.187. The number of esters is 1. The Hall–Kier alpha value is -2.92. The molecule has 0 amide bonds. The van der Waals surface area contributed by atoms with Gasteiger partial charge in [0.1, 0.15) is 12.5 Å². The second-order valence-electron chi connectivity index (χ2n) is 7.87. The molecule has 0 aliphatic rings. The third-order valence-electron chi connectivity index (χ3n) is 4.28. The number of carbonyl (C=O) groups is 1. The number of methoxy groups -OCH3 is 2. The van der Waals surface area contributed by atoms with Crippen molar-refractivity contribution in [2.24, 2.45) is 0 Å². The molecule has 0 unspecified atom stereocenters. The highest BCUT2D eigenvalue weighted by Gasteiger charge is 2.23. The topological polar surface area (TPSA) is 118 Å². The lowest BCUT2D eigenvalue weighted by Gasteiger charge is -2.15. The predicted octanol–water partition coefficient (Wildman–Crippen LogP) is 3.51. The van der Waals surface area contributed by atoms with Crippen molar-refractivity contribution in [1.29, 1.82) is 0 Å². The van der Waals surface area contributed by atoms with Crippen LogP contribution in [-0.4, -0.2) is 49.6 Å². The standard InChI is InChI=1S/C19H28N4O6Si/c1-27-17-11-14(19(24)28-2)10-16(23(25)26)18(17)20-12-15-6-7-22(21-15)13-29-8-9-30(3,4)5/h6-7,10-11,20H,8-9,12-13H2,1-5H3. The van der Waals surface area contributed by atoms with Crippen LogP contribution in [0.2, 0.25) is 25.7 Å². The number of carbonyl (C=O) groups excluding carboxylic acids is 1. The summed E-state index contributed by atoms with van der Waals surface area (Å²) in [5.41, 5.74) is 0.587. The maximum atomic E-state index is 11.8. The van der Waals surface area contributed by atoms with Gasteiger partial charge in [0, 0.05) is 26.9 Å². The number of nitrogens with one attached hydrogen (secondary N) is 1. The van der Waals surface area contributed by atoms with E-state index in [0.717, 1.165) is 12.1 Å². The van der Waals surface area contributed by atoms with Gasteiger partial charge in [0.05, 0.1) is 36.9 Å². The molecule has 2 aromatic rings. The fourth-order valence-corrected chi connectivity index (χ4v) is 3.36. The predicted molar refractivity (Wildman–Crippen MR) is 115 cm³/mol. The van der Waals surface area contributed by atoms with Gasteiger partial charge in [-0.05, 0) is 18.2 Å². The molecule has 0 radical (unpaired) electrons. The molecule has 1 aromatic carbocycles. The zero-order chi connectivity index (χ0) is 22.3. The van der Waals surface area contributed by atoms with Crippen LogP contribution in [0.1, 0.15) is 16.1 Å². The molecule has 1 aromatic heterocycles. The normalized spacial score (nSPS) is 11.2. The van der Waals surface area contributed by atoms with Crippen molar-refractivity contribution in [2.45, 2.75) is 39.0 Å². The number of aromatic nitrogens is 2. The average Bonchev–Trinajstić information content (AvgIpc) is 3.15. The van der Waals surface area contributed by atoms with E-state index in [1.165, 1.54) is 20.3 Å². The van der Waals surface area contributed by atoms with Crippen molar-refractivity contribution in [3.63, 3.8) is 0 Å². The van der Waals surface area contributed by atoms with Crippen molar-refractivity contribution < 1.29 is 23.9 Å². The summed E-state index contributed by atoms with van der Waals surface area (Å²) in [5.74, 6) is -0.519. The molecule has 30 heavy (non-hydrogen) atoms. The monoisotopic (exact) mass is 436 g/mol. The summed E-state index contributed by atoms with van der Waals surface area (Å²) in [6.07, 6.45) is 1.79. The zero-order valence-electron chi connectivity index (χ0n) is 17.9.